The third-order valence-electron chi connectivity index (χ3n) is 3.72. The van der Waals surface area contributed by atoms with Crippen molar-refractivity contribution in [3.05, 3.63) is 51.8 Å². The molecule has 2 rings (SSSR count). The Morgan fingerprint density at radius 3 is 2.15 bits per heavy atom. The van der Waals surface area contributed by atoms with Gasteiger partial charge >= 0.3 is 0 Å². The average molecular weight is 270 g/mol. The molecule has 0 saturated heterocycles. The van der Waals surface area contributed by atoms with Crippen LogP contribution in [0.2, 0.25) is 0 Å². The summed E-state index contributed by atoms with van der Waals surface area (Å²) in [6.07, 6.45) is 0.967. The largest absolute Gasteiger partial charge is 0.299 e. The molecule has 0 N–H and O–H groups in total. The molecule has 0 saturated carbocycles. The topological polar surface area (TPSA) is 34.9 Å². The normalized spacial score (nSPS) is 10.8. The van der Waals surface area contributed by atoms with Crippen LogP contribution in [0.15, 0.2) is 18.2 Å². The Morgan fingerprint density at radius 1 is 1.05 bits per heavy atom. The molecule has 3 nitrogen and oxygen atoms in total. The first-order chi connectivity index (χ1) is 9.36. The van der Waals surface area contributed by atoms with E-state index in [1.54, 1.807) is 0 Å². The van der Waals surface area contributed by atoms with Crippen LogP contribution in [0.4, 0.5) is 0 Å². The Hall–Kier alpha value is -1.90. The van der Waals surface area contributed by atoms with Crippen LogP contribution >= 0.6 is 0 Å². The van der Waals surface area contributed by atoms with E-state index < -0.39 is 0 Å². The second-order valence-electron chi connectivity index (χ2n) is 5.66. The Labute approximate surface area is 120 Å². The van der Waals surface area contributed by atoms with Gasteiger partial charge in [0.1, 0.15) is 5.78 Å². The highest BCUT2D eigenvalue weighted by atomic mass is 16.1. The third kappa shape index (κ3) is 3.16. The van der Waals surface area contributed by atoms with Gasteiger partial charge < -0.3 is 0 Å². The number of ketones is 1. The van der Waals surface area contributed by atoms with Crippen LogP contribution < -0.4 is 0 Å². The lowest BCUT2D eigenvalue weighted by Crippen LogP contribution is -2.08. The Balaban J connectivity index is 2.13. The molecule has 0 aliphatic rings. The van der Waals surface area contributed by atoms with Crippen LogP contribution in [-0.2, 0) is 24.7 Å². The van der Waals surface area contributed by atoms with E-state index in [0.29, 0.717) is 12.8 Å². The standard InChI is InChI=1S/C17H22N2O/c1-11-6-12(2)8-15(7-11)9-16(20)10-17-13(3)18-19(5)14(17)4/h6-8H,9-10H2,1-5H3. The minimum absolute atomic E-state index is 0.245. The predicted octanol–water partition coefficient (Wildman–Crippen LogP) is 3.01. The molecule has 0 bridgehead atoms. The summed E-state index contributed by atoms with van der Waals surface area (Å²) in [7, 11) is 1.92. The van der Waals surface area contributed by atoms with Gasteiger partial charge in [-0.1, -0.05) is 29.3 Å². The van der Waals surface area contributed by atoms with Crippen molar-refractivity contribution in [1.29, 1.82) is 0 Å². The minimum atomic E-state index is 0.245. The van der Waals surface area contributed by atoms with Crippen molar-refractivity contribution in [3.8, 4) is 0 Å². The first-order valence-electron chi connectivity index (χ1n) is 6.94. The number of benzene rings is 1. The zero-order chi connectivity index (χ0) is 14.9. The molecular formula is C17H22N2O. The highest BCUT2D eigenvalue weighted by Gasteiger charge is 2.14. The second-order valence-corrected chi connectivity index (χ2v) is 5.66. The zero-order valence-electron chi connectivity index (χ0n) is 12.9. The van der Waals surface area contributed by atoms with Gasteiger partial charge in [0.15, 0.2) is 0 Å². The molecule has 0 fully saturated rings. The number of hydrogen-bond acceptors (Lipinski definition) is 2. The van der Waals surface area contributed by atoms with Crippen molar-refractivity contribution in [2.45, 2.75) is 40.5 Å². The number of hydrogen-bond donors (Lipinski definition) is 0. The smallest absolute Gasteiger partial charge is 0.141 e. The molecule has 106 valence electrons. The van der Waals surface area contributed by atoms with E-state index in [1.165, 1.54) is 11.1 Å². The Bertz CT molecular complexity index is 633. The molecule has 0 spiro atoms. The van der Waals surface area contributed by atoms with E-state index in [4.69, 9.17) is 0 Å². The molecule has 0 radical (unpaired) electrons. The van der Waals surface area contributed by atoms with Crippen molar-refractivity contribution in [1.82, 2.24) is 9.78 Å². The average Bonchev–Trinajstić information content (AvgIpc) is 2.54. The molecule has 0 amide bonds. The molecule has 0 atom stereocenters. The summed E-state index contributed by atoms with van der Waals surface area (Å²) in [5, 5.41) is 4.36. The number of nitrogens with zero attached hydrogens (tertiary/aromatic N) is 2. The fourth-order valence-corrected chi connectivity index (χ4v) is 2.73. The Morgan fingerprint density at radius 2 is 1.65 bits per heavy atom. The van der Waals surface area contributed by atoms with E-state index in [9.17, 15) is 4.79 Å². The number of aromatic nitrogens is 2. The van der Waals surface area contributed by atoms with Crippen molar-refractivity contribution in [2.24, 2.45) is 7.05 Å². The highest BCUT2D eigenvalue weighted by Crippen LogP contribution is 2.15. The second kappa shape index (κ2) is 5.61. The van der Waals surface area contributed by atoms with Crippen LogP contribution in [0.3, 0.4) is 0 Å². The SMILES string of the molecule is Cc1cc(C)cc(CC(=O)Cc2c(C)nn(C)c2C)c1. The summed E-state index contributed by atoms with van der Waals surface area (Å²) >= 11 is 0. The van der Waals surface area contributed by atoms with E-state index in [1.807, 2.05) is 25.6 Å². The van der Waals surface area contributed by atoms with E-state index in [-0.39, 0.29) is 5.78 Å². The van der Waals surface area contributed by atoms with Crippen molar-refractivity contribution < 1.29 is 4.79 Å². The van der Waals surface area contributed by atoms with E-state index in [0.717, 1.165) is 22.5 Å². The summed E-state index contributed by atoms with van der Waals surface area (Å²) < 4.78 is 1.84. The lowest BCUT2D eigenvalue weighted by atomic mass is 9.99. The fourth-order valence-electron chi connectivity index (χ4n) is 2.73. The number of aryl methyl sites for hydroxylation is 4. The van der Waals surface area contributed by atoms with Crippen LogP contribution in [0.1, 0.15) is 33.6 Å². The van der Waals surface area contributed by atoms with Crippen LogP contribution in [0.5, 0.6) is 0 Å². The maximum Gasteiger partial charge on any atom is 0.141 e. The van der Waals surface area contributed by atoms with Gasteiger partial charge in [0.25, 0.3) is 0 Å². The summed E-state index contributed by atoms with van der Waals surface area (Å²) in [4.78, 5) is 12.3. The molecule has 1 heterocycles. The predicted molar refractivity (Wildman–Crippen MR) is 81.0 cm³/mol. The monoisotopic (exact) mass is 270 g/mol. The lowest BCUT2D eigenvalue weighted by molar-refractivity contribution is -0.117. The number of Topliss-reactive ketones (excluding diaryl/α,β-unsaturated/α-hetero) is 1. The van der Waals surface area contributed by atoms with Crippen LogP contribution in [-0.4, -0.2) is 15.6 Å². The third-order valence-corrected chi connectivity index (χ3v) is 3.72. The highest BCUT2D eigenvalue weighted by molar-refractivity contribution is 5.83. The Kier molecular flexibility index (Phi) is 4.07. The van der Waals surface area contributed by atoms with Gasteiger partial charge in [-0.3, -0.25) is 9.48 Å². The van der Waals surface area contributed by atoms with Crippen molar-refractivity contribution in [3.63, 3.8) is 0 Å². The summed E-state index contributed by atoms with van der Waals surface area (Å²) in [5.74, 6) is 0.245. The number of carbonyl (C=O) groups is 1. The maximum absolute atomic E-state index is 12.3. The van der Waals surface area contributed by atoms with E-state index in [2.05, 4.69) is 37.1 Å². The summed E-state index contributed by atoms with van der Waals surface area (Å²) in [6.45, 7) is 8.11. The molecule has 0 aliphatic carbocycles. The molecule has 1 aromatic carbocycles. The molecule has 2 aromatic rings. The lowest BCUT2D eigenvalue weighted by Gasteiger charge is -2.05. The molecule has 20 heavy (non-hydrogen) atoms. The van der Waals surface area contributed by atoms with Gasteiger partial charge in [-0.2, -0.15) is 5.10 Å². The van der Waals surface area contributed by atoms with Gasteiger partial charge in [-0.15, -0.1) is 0 Å². The molecule has 3 heteroatoms. The summed E-state index contributed by atoms with van der Waals surface area (Å²) in [5.41, 5.74) is 6.63. The molecular weight excluding hydrogens is 248 g/mol. The van der Waals surface area contributed by atoms with Crippen molar-refractivity contribution in [2.75, 3.05) is 0 Å². The van der Waals surface area contributed by atoms with Gasteiger partial charge in [0, 0.05) is 31.1 Å². The first kappa shape index (κ1) is 14.5. The molecule has 0 unspecified atom stereocenters. The molecule has 0 aliphatic heterocycles. The van der Waals surface area contributed by atoms with Gasteiger partial charge in [-0.05, 0) is 33.3 Å². The summed E-state index contributed by atoms with van der Waals surface area (Å²) in [6, 6.07) is 6.31. The van der Waals surface area contributed by atoms with E-state index >= 15 is 0 Å². The number of carbonyl (C=O) groups excluding carboxylic acids is 1. The minimum Gasteiger partial charge on any atom is -0.299 e. The van der Waals surface area contributed by atoms with Gasteiger partial charge in [-0.25, -0.2) is 0 Å². The first-order valence-corrected chi connectivity index (χ1v) is 6.94. The maximum atomic E-state index is 12.3. The quantitative estimate of drug-likeness (QED) is 0.856. The zero-order valence-corrected chi connectivity index (χ0v) is 12.9. The fraction of sp³-hybridized carbons (Fsp3) is 0.412. The van der Waals surface area contributed by atoms with Crippen LogP contribution in [0.25, 0.3) is 0 Å². The van der Waals surface area contributed by atoms with Crippen molar-refractivity contribution >= 4 is 5.78 Å². The van der Waals surface area contributed by atoms with Gasteiger partial charge in [0.05, 0.1) is 5.69 Å². The molecule has 1 aromatic heterocycles. The number of rotatable bonds is 4. The van der Waals surface area contributed by atoms with Gasteiger partial charge in [0.2, 0.25) is 0 Å². The van der Waals surface area contributed by atoms with Crippen LogP contribution in [0, 0.1) is 27.7 Å².